The van der Waals surface area contributed by atoms with Gasteiger partial charge in [0.25, 0.3) is 0 Å². The Morgan fingerprint density at radius 2 is 2.11 bits per heavy atom. The molecule has 0 amide bonds. The number of benzene rings is 1. The molecule has 3 rings (SSSR count). The molecule has 96 valence electrons. The van der Waals surface area contributed by atoms with E-state index in [1.54, 1.807) is 29.1 Å². The summed E-state index contributed by atoms with van der Waals surface area (Å²) in [5.74, 6) is 0.332. The average Bonchev–Trinajstić information content (AvgIpc) is 2.80. The first-order valence-corrected chi connectivity index (χ1v) is 6.44. The van der Waals surface area contributed by atoms with Crippen LogP contribution in [0.1, 0.15) is 5.82 Å². The van der Waals surface area contributed by atoms with Crippen molar-refractivity contribution in [3.05, 3.63) is 53.3 Å². The molecule has 2 aromatic heterocycles. The second-order valence-electron chi connectivity index (χ2n) is 3.96. The van der Waals surface area contributed by atoms with Gasteiger partial charge in [0.05, 0.1) is 23.3 Å². The van der Waals surface area contributed by atoms with E-state index in [-0.39, 0.29) is 11.7 Å². The van der Waals surface area contributed by atoms with Gasteiger partial charge in [-0.15, -0.1) is 11.6 Å². The number of imidazole rings is 1. The summed E-state index contributed by atoms with van der Waals surface area (Å²) >= 11 is 11.8. The fourth-order valence-electron chi connectivity index (χ4n) is 2.00. The molecule has 0 bridgehead atoms. The molecule has 0 fully saturated rings. The number of nitrogens with zero attached hydrogens (tertiary/aromatic N) is 3. The molecule has 3 aromatic rings. The Morgan fingerprint density at radius 3 is 2.89 bits per heavy atom. The van der Waals surface area contributed by atoms with Gasteiger partial charge in [0.15, 0.2) is 0 Å². The Balaban J connectivity index is 2.37. The standard InChI is InChI=1S/C13H8Cl2FN3/c14-6-13-18-10-7-17-4-3-11(10)19(13)12-5-8(15)1-2-9(12)16/h1-5,7H,6H2. The van der Waals surface area contributed by atoms with E-state index >= 15 is 0 Å². The van der Waals surface area contributed by atoms with E-state index in [4.69, 9.17) is 23.2 Å². The highest BCUT2D eigenvalue weighted by atomic mass is 35.5. The van der Waals surface area contributed by atoms with Crippen molar-refractivity contribution in [3.8, 4) is 5.69 Å². The number of hydrogen-bond acceptors (Lipinski definition) is 2. The number of halogens is 3. The first kappa shape index (κ1) is 12.4. The molecule has 0 saturated heterocycles. The molecule has 19 heavy (non-hydrogen) atoms. The van der Waals surface area contributed by atoms with E-state index in [1.807, 2.05) is 0 Å². The summed E-state index contributed by atoms with van der Waals surface area (Å²) in [7, 11) is 0. The van der Waals surface area contributed by atoms with Crippen LogP contribution in [0.3, 0.4) is 0 Å². The monoisotopic (exact) mass is 295 g/mol. The molecule has 0 aliphatic carbocycles. The molecular formula is C13H8Cl2FN3. The van der Waals surface area contributed by atoms with E-state index in [0.717, 1.165) is 5.52 Å². The molecule has 0 aliphatic heterocycles. The van der Waals surface area contributed by atoms with Crippen LogP contribution in [0.2, 0.25) is 5.02 Å². The van der Waals surface area contributed by atoms with Gasteiger partial charge in [0.2, 0.25) is 0 Å². The maximum Gasteiger partial charge on any atom is 0.147 e. The van der Waals surface area contributed by atoms with Gasteiger partial charge in [-0.1, -0.05) is 11.6 Å². The highest BCUT2D eigenvalue weighted by Crippen LogP contribution is 2.26. The van der Waals surface area contributed by atoms with Crippen LogP contribution in [0, 0.1) is 5.82 Å². The third-order valence-corrected chi connectivity index (χ3v) is 3.27. The number of fused-ring (bicyclic) bond motifs is 1. The minimum atomic E-state index is -0.383. The highest BCUT2D eigenvalue weighted by Gasteiger charge is 2.15. The molecule has 0 radical (unpaired) electrons. The van der Waals surface area contributed by atoms with E-state index in [0.29, 0.717) is 22.1 Å². The number of aromatic nitrogens is 3. The van der Waals surface area contributed by atoms with Crippen molar-refractivity contribution in [2.24, 2.45) is 0 Å². The number of rotatable bonds is 2. The lowest BCUT2D eigenvalue weighted by Gasteiger charge is -2.09. The van der Waals surface area contributed by atoms with Crippen molar-refractivity contribution in [2.45, 2.75) is 5.88 Å². The molecule has 1 aromatic carbocycles. The lowest BCUT2D eigenvalue weighted by Crippen LogP contribution is -2.02. The number of alkyl halides is 1. The van der Waals surface area contributed by atoms with Crippen LogP contribution < -0.4 is 0 Å². The van der Waals surface area contributed by atoms with Crippen LogP contribution in [0.15, 0.2) is 36.7 Å². The van der Waals surface area contributed by atoms with E-state index < -0.39 is 0 Å². The summed E-state index contributed by atoms with van der Waals surface area (Å²) in [6, 6.07) is 6.14. The molecule has 0 N–H and O–H groups in total. The predicted octanol–water partition coefficient (Wildman–Crippen LogP) is 3.95. The first-order valence-electron chi connectivity index (χ1n) is 5.53. The van der Waals surface area contributed by atoms with E-state index in [9.17, 15) is 4.39 Å². The quantitative estimate of drug-likeness (QED) is 0.670. The van der Waals surface area contributed by atoms with Gasteiger partial charge in [-0.05, 0) is 24.3 Å². The lowest BCUT2D eigenvalue weighted by atomic mass is 10.3. The zero-order chi connectivity index (χ0) is 13.4. The maximum absolute atomic E-state index is 14.0. The molecule has 0 unspecified atom stereocenters. The van der Waals surface area contributed by atoms with Crippen molar-refractivity contribution < 1.29 is 4.39 Å². The molecule has 0 aliphatic rings. The van der Waals surface area contributed by atoms with Gasteiger partial charge >= 0.3 is 0 Å². The molecule has 0 atom stereocenters. The van der Waals surface area contributed by atoms with Crippen LogP contribution in [0.5, 0.6) is 0 Å². The normalized spacial score (nSPS) is 11.1. The van der Waals surface area contributed by atoms with Crippen LogP contribution in [-0.4, -0.2) is 14.5 Å². The van der Waals surface area contributed by atoms with Gasteiger partial charge < -0.3 is 0 Å². The maximum atomic E-state index is 14.0. The van der Waals surface area contributed by atoms with Crippen molar-refractivity contribution in [1.82, 2.24) is 14.5 Å². The summed E-state index contributed by atoms with van der Waals surface area (Å²) in [6.07, 6.45) is 3.24. The Morgan fingerprint density at radius 1 is 1.26 bits per heavy atom. The largest absolute Gasteiger partial charge is 0.292 e. The van der Waals surface area contributed by atoms with Gasteiger partial charge in [0, 0.05) is 11.2 Å². The fourth-order valence-corrected chi connectivity index (χ4v) is 2.34. The lowest BCUT2D eigenvalue weighted by molar-refractivity contribution is 0.618. The Kier molecular flexibility index (Phi) is 3.12. The fraction of sp³-hybridized carbons (Fsp3) is 0.0769. The summed E-state index contributed by atoms with van der Waals surface area (Å²) in [4.78, 5) is 8.33. The topological polar surface area (TPSA) is 30.7 Å². The van der Waals surface area contributed by atoms with Gasteiger partial charge in [-0.3, -0.25) is 9.55 Å². The Labute approximate surface area is 118 Å². The highest BCUT2D eigenvalue weighted by molar-refractivity contribution is 6.30. The average molecular weight is 296 g/mol. The predicted molar refractivity (Wildman–Crippen MR) is 73.4 cm³/mol. The summed E-state index contributed by atoms with van der Waals surface area (Å²) in [6.45, 7) is 0. The van der Waals surface area contributed by atoms with Crippen LogP contribution in [0.25, 0.3) is 16.7 Å². The summed E-state index contributed by atoms with van der Waals surface area (Å²) in [5, 5.41) is 0.452. The van der Waals surface area contributed by atoms with Crippen LogP contribution in [0.4, 0.5) is 4.39 Å². The minimum Gasteiger partial charge on any atom is -0.292 e. The number of hydrogen-bond donors (Lipinski definition) is 0. The SMILES string of the molecule is Fc1ccc(Cl)cc1-n1c(CCl)nc2cnccc21. The summed E-state index contributed by atoms with van der Waals surface area (Å²) in [5.41, 5.74) is 1.74. The molecular weight excluding hydrogens is 288 g/mol. The van der Waals surface area contributed by atoms with Crippen molar-refractivity contribution in [3.63, 3.8) is 0 Å². The van der Waals surface area contributed by atoms with Crippen molar-refractivity contribution >= 4 is 34.2 Å². The Hall–Kier alpha value is -1.65. The van der Waals surface area contributed by atoms with Gasteiger partial charge in [-0.25, -0.2) is 9.37 Å². The summed E-state index contributed by atoms with van der Waals surface area (Å²) < 4.78 is 15.7. The zero-order valence-corrected chi connectivity index (χ0v) is 11.2. The Bertz CT molecular complexity index is 755. The van der Waals surface area contributed by atoms with Crippen molar-refractivity contribution in [1.29, 1.82) is 0 Å². The second-order valence-corrected chi connectivity index (χ2v) is 4.66. The van der Waals surface area contributed by atoms with Crippen molar-refractivity contribution in [2.75, 3.05) is 0 Å². The van der Waals surface area contributed by atoms with Gasteiger partial charge in [-0.2, -0.15) is 0 Å². The van der Waals surface area contributed by atoms with E-state index in [2.05, 4.69) is 9.97 Å². The van der Waals surface area contributed by atoms with Gasteiger partial charge in [0.1, 0.15) is 17.2 Å². The van der Waals surface area contributed by atoms with E-state index in [1.165, 1.54) is 12.1 Å². The molecule has 3 nitrogen and oxygen atoms in total. The molecule has 0 spiro atoms. The van der Waals surface area contributed by atoms with Crippen LogP contribution >= 0.6 is 23.2 Å². The smallest absolute Gasteiger partial charge is 0.147 e. The first-order chi connectivity index (χ1) is 9.20. The zero-order valence-electron chi connectivity index (χ0n) is 9.65. The molecule has 6 heteroatoms. The third-order valence-electron chi connectivity index (χ3n) is 2.79. The third kappa shape index (κ3) is 2.07. The molecule has 2 heterocycles. The second kappa shape index (κ2) is 4.79. The van der Waals surface area contributed by atoms with Crippen LogP contribution in [-0.2, 0) is 5.88 Å². The molecule has 0 saturated carbocycles. The number of pyridine rings is 1. The minimum absolute atomic E-state index is 0.167.